The summed E-state index contributed by atoms with van der Waals surface area (Å²) in [6.45, 7) is 7.63. The lowest BCUT2D eigenvalue weighted by molar-refractivity contribution is 0.0467. The average molecular weight is 374 g/mol. The summed E-state index contributed by atoms with van der Waals surface area (Å²) in [4.78, 5) is 18.7. The molecule has 0 heterocycles. The van der Waals surface area contributed by atoms with Crippen molar-refractivity contribution in [1.82, 2.24) is 4.90 Å². The predicted molar refractivity (Wildman–Crippen MR) is 103 cm³/mol. The number of esters is 1. The fraction of sp³-hybridized carbons (Fsp3) is 0.333. The molecular weight excluding hydrogens is 350 g/mol. The van der Waals surface area contributed by atoms with Crippen molar-refractivity contribution in [1.29, 1.82) is 0 Å². The smallest absolute Gasteiger partial charge is 0.338 e. The monoisotopic (exact) mass is 374 g/mol. The van der Waals surface area contributed by atoms with E-state index in [-0.39, 0.29) is 17.7 Å². The third kappa shape index (κ3) is 4.90. The second-order valence-corrected chi connectivity index (χ2v) is 6.52. The van der Waals surface area contributed by atoms with E-state index in [1.807, 2.05) is 25.8 Å². The maximum absolute atomic E-state index is 13.9. The number of benzene rings is 2. The van der Waals surface area contributed by atoms with Crippen LogP contribution in [0, 0.1) is 32.4 Å². The number of carbonyl (C=O) groups excluding carboxylic acids is 1. The van der Waals surface area contributed by atoms with Crippen LogP contribution in [0.5, 0.6) is 0 Å². The summed E-state index contributed by atoms with van der Waals surface area (Å²) in [5, 5.41) is 0. The molecule has 0 unspecified atom stereocenters. The van der Waals surface area contributed by atoms with Gasteiger partial charge in [0.1, 0.15) is 6.61 Å². The number of rotatable bonds is 6. The van der Waals surface area contributed by atoms with Gasteiger partial charge in [0.25, 0.3) is 0 Å². The van der Waals surface area contributed by atoms with Crippen LogP contribution in [0.3, 0.4) is 0 Å². The van der Waals surface area contributed by atoms with Gasteiger partial charge in [0.05, 0.1) is 17.6 Å². The molecule has 0 bridgehead atoms. The molecule has 0 aliphatic carbocycles. The predicted octanol–water partition coefficient (Wildman–Crippen LogP) is 4.86. The normalized spacial score (nSPS) is 11.1. The summed E-state index contributed by atoms with van der Waals surface area (Å²) < 4.78 is 32.7. The van der Waals surface area contributed by atoms with Gasteiger partial charge in [-0.25, -0.2) is 18.6 Å². The first-order valence-corrected chi connectivity index (χ1v) is 8.70. The van der Waals surface area contributed by atoms with Crippen LogP contribution < -0.4 is 0 Å². The minimum Gasteiger partial charge on any atom is -0.457 e. The number of halogens is 2. The van der Waals surface area contributed by atoms with E-state index >= 15 is 0 Å². The first kappa shape index (κ1) is 20.6. The summed E-state index contributed by atoms with van der Waals surface area (Å²) in [6.07, 6.45) is 1.73. The van der Waals surface area contributed by atoms with Crippen LogP contribution in [0.25, 0.3) is 0 Å². The molecule has 0 N–H and O–H groups in total. The standard InChI is InChI=1S/C21H24F2N2O2/c1-6-25(5)12-24-18-10-14(3)17(9-15(18)4)21(26)27-11-16-8-7-13(2)19(22)20(16)23/h7-10,12H,6,11H2,1-5H3. The summed E-state index contributed by atoms with van der Waals surface area (Å²) in [5.74, 6) is -2.49. The van der Waals surface area contributed by atoms with Crippen LogP contribution in [0.4, 0.5) is 14.5 Å². The number of hydrogen-bond donors (Lipinski definition) is 0. The van der Waals surface area contributed by atoms with E-state index in [2.05, 4.69) is 4.99 Å². The lowest BCUT2D eigenvalue weighted by atomic mass is 10.0. The van der Waals surface area contributed by atoms with Crippen molar-refractivity contribution >= 4 is 18.0 Å². The number of ether oxygens (including phenoxy) is 1. The highest BCUT2D eigenvalue weighted by molar-refractivity contribution is 5.92. The van der Waals surface area contributed by atoms with E-state index in [4.69, 9.17) is 4.74 Å². The molecule has 4 nitrogen and oxygen atoms in total. The van der Waals surface area contributed by atoms with Crippen molar-refractivity contribution in [2.24, 2.45) is 4.99 Å². The number of hydrogen-bond acceptors (Lipinski definition) is 3. The van der Waals surface area contributed by atoms with Crippen molar-refractivity contribution in [2.75, 3.05) is 13.6 Å². The van der Waals surface area contributed by atoms with Gasteiger partial charge >= 0.3 is 5.97 Å². The van der Waals surface area contributed by atoms with E-state index in [1.165, 1.54) is 19.1 Å². The SMILES string of the molecule is CCN(C)C=Nc1cc(C)c(C(=O)OCc2ccc(C)c(F)c2F)cc1C. The van der Waals surface area contributed by atoms with Crippen LogP contribution in [-0.4, -0.2) is 30.8 Å². The van der Waals surface area contributed by atoms with Gasteiger partial charge in [-0.15, -0.1) is 0 Å². The molecule has 0 atom stereocenters. The van der Waals surface area contributed by atoms with E-state index in [9.17, 15) is 13.6 Å². The maximum atomic E-state index is 13.9. The van der Waals surface area contributed by atoms with Crippen molar-refractivity contribution in [3.63, 3.8) is 0 Å². The van der Waals surface area contributed by atoms with Crippen LogP contribution in [0.15, 0.2) is 29.3 Å². The largest absolute Gasteiger partial charge is 0.457 e. The molecular formula is C21H24F2N2O2. The molecule has 27 heavy (non-hydrogen) atoms. The van der Waals surface area contributed by atoms with E-state index in [0.717, 1.165) is 17.8 Å². The molecule has 0 aliphatic rings. The van der Waals surface area contributed by atoms with Gasteiger partial charge in [0, 0.05) is 19.2 Å². The Hall–Kier alpha value is -2.76. The van der Waals surface area contributed by atoms with Crippen molar-refractivity contribution in [3.05, 3.63) is 63.7 Å². The highest BCUT2D eigenvalue weighted by Gasteiger charge is 2.16. The molecule has 0 saturated carbocycles. The molecule has 0 aliphatic heterocycles. The van der Waals surface area contributed by atoms with E-state index < -0.39 is 17.6 Å². The Morgan fingerprint density at radius 1 is 1.11 bits per heavy atom. The van der Waals surface area contributed by atoms with Crippen LogP contribution in [0.1, 0.15) is 39.5 Å². The highest BCUT2D eigenvalue weighted by Crippen LogP contribution is 2.24. The van der Waals surface area contributed by atoms with E-state index in [1.54, 1.807) is 25.4 Å². The van der Waals surface area contributed by atoms with Gasteiger partial charge in [-0.3, -0.25) is 0 Å². The zero-order valence-corrected chi connectivity index (χ0v) is 16.3. The Bertz CT molecular complexity index is 879. The fourth-order valence-corrected chi connectivity index (χ4v) is 2.42. The minimum atomic E-state index is -0.986. The van der Waals surface area contributed by atoms with Crippen molar-refractivity contribution in [2.45, 2.75) is 34.3 Å². The second-order valence-electron chi connectivity index (χ2n) is 6.52. The Kier molecular flexibility index (Phi) is 6.66. The molecule has 6 heteroatoms. The van der Waals surface area contributed by atoms with Crippen molar-refractivity contribution in [3.8, 4) is 0 Å². The lowest BCUT2D eigenvalue weighted by Crippen LogP contribution is -2.14. The first-order valence-electron chi connectivity index (χ1n) is 8.70. The Labute approximate surface area is 158 Å². The van der Waals surface area contributed by atoms with Gasteiger partial charge in [0.2, 0.25) is 0 Å². The van der Waals surface area contributed by atoms with Gasteiger partial charge in [-0.2, -0.15) is 0 Å². The Morgan fingerprint density at radius 3 is 2.48 bits per heavy atom. The average Bonchev–Trinajstić information content (AvgIpc) is 2.65. The lowest BCUT2D eigenvalue weighted by Gasteiger charge is -2.12. The third-order valence-electron chi connectivity index (χ3n) is 4.37. The molecule has 0 saturated heterocycles. The van der Waals surface area contributed by atoms with Gasteiger partial charge in [0.15, 0.2) is 11.6 Å². The summed E-state index contributed by atoms with van der Waals surface area (Å²) in [5.41, 5.74) is 2.87. The molecule has 2 rings (SSSR count). The first-order chi connectivity index (χ1) is 12.7. The number of aryl methyl sites for hydroxylation is 3. The molecule has 0 spiro atoms. The zero-order chi connectivity index (χ0) is 20.1. The Balaban J connectivity index is 2.16. The minimum absolute atomic E-state index is 0.00430. The topological polar surface area (TPSA) is 41.9 Å². The molecule has 144 valence electrons. The Morgan fingerprint density at radius 2 is 1.81 bits per heavy atom. The third-order valence-corrected chi connectivity index (χ3v) is 4.37. The molecule has 0 amide bonds. The number of nitrogens with zero attached hydrogens (tertiary/aromatic N) is 2. The number of carbonyl (C=O) groups is 1. The highest BCUT2D eigenvalue weighted by atomic mass is 19.2. The van der Waals surface area contributed by atoms with Crippen LogP contribution >= 0.6 is 0 Å². The quantitative estimate of drug-likeness (QED) is 0.412. The fourth-order valence-electron chi connectivity index (χ4n) is 2.42. The van der Waals surface area contributed by atoms with Gasteiger partial charge < -0.3 is 9.64 Å². The molecule has 2 aromatic carbocycles. The molecule has 0 fully saturated rings. The van der Waals surface area contributed by atoms with Crippen molar-refractivity contribution < 1.29 is 18.3 Å². The zero-order valence-electron chi connectivity index (χ0n) is 16.3. The summed E-state index contributed by atoms with van der Waals surface area (Å²) >= 11 is 0. The molecule has 0 radical (unpaired) electrons. The van der Waals surface area contributed by atoms with Gasteiger partial charge in [-0.1, -0.05) is 12.1 Å². The number of aliphatic imine (C=N–C) groups is 1. The van der Waals surface area contributed by atoms with Gasteiger partial charge in [-0.05, 0) is 56.5 Å². The van der Waals surface area contributed by atoms with Crippen LogP contribution in [0.2, 0.25) is 0 Å². The van der Waals surface area contributed by atoms with E-state index in [0.29, 0.717) is 11.1 Å². The summed E-state index contributed by atoms with van der Waals surface area (Å²) in [6, 6.07) is 6.37. The molecule has 0 aromatic heterocycles. The second kappa shape index (κ2) is 8.75. The maximum Gasteiger partial charge on any atom is 0.338 e. The molecule has 2 aromatic rings. The summed E-state index contributed by atoms with van der Waals surface area (Å²) in [7, 11) is 1.92. The van der Waals surface area contributed by atoms with Crippen LogP contribution in [-0.2, 0) is 11.3 Å².